The minimum absolute atomic E-state index is 0.293. The molecule has 0 bridgehead atoms. The molecule has 1 aliphatic rings. The fourth-order valence-corrected chi connectivity index (χ4v) is 2.95. The summed E-state index contributed by atoms with van der Waals surface area (Å²) in [5, 5.41) is 0. The summed E-state index contributed by atoms with van der Waals surface area (Å²) in [4.78, 5) is 26.7. The molecule has 1 aromatic carbocycles. The standard InChI is InChI=1S/C18H21N3O3/c1-12-5-7-14(8-6-12)24-11-13-9-10-19(2)16-15(13)17(22)21(4)18(23)20(16)3/h5-8,11H,9-10H2,1-4H3/b13-11+. The number of nitrogens with zero attached hydrogens (tertiary/aromatic N) is 3. The Labute approximate surface area is 140 Å². The molecule has 126 valence electrons. The number of fused-ring (bicyclic) bond motifs is 1. The van der Waals surface area contributed by atoms with E-state index in [-0.39, 0.29) is 11.2 Å². The molecule has 0 amide bonds. The van der Waals surface area contributed by atoms with Gasteiger partial charge in [-0.3, -0.25) is 13.9 Å². The number of anilines is 1. The number of benzene rings is 1. The summed E-state index contributed by atoms with van der Waals surface area (Å²) >= 11 is 0. The van der Waals surface area contributed by atoms with Crippen LogP contribution in [0.15, 0.2) is 40.1 Å². The van der Waals surface area contributed by atoms with Crippen LogP contribution in [0.2, 0.25) is 0 Å². The Kier molecular flexibility index (Phi) is 4.05. The molecule has 6 nitrogen and oxygen atoms in total. The van der Waals surface area contributed by atoms with Crippen LogP contribution in [0.3, 0.4) is 0 Å². The molecular formula is C18H21N3O3. The van der Waals surface area contributed by atoms with Crippen LogP contribution in [0.4, 0.5) is 5.82 Å². The molecule has 0 fully saturated rings. The quantitative estimate of drug-likeness (QED) is 0.787. The monoisotopic (exact) mass is 327 g/mol. The highest BCUT2D eigenvalue weighted by Crippen LogP contribution is 2.30. The maximum absolute atomic E-state index is 12.6. The van der Waals surface area contributed by atoms with E-state index >= 15 is 0 Å². The van der Waals surface area contributed by atoms with Gasteiger partial charge >= 0.3 is 5.69 Å². The third-order valence-electron chi connectivity index (χ3n) is 4.39. The molecule has 0 saturated carbocycles. The number of rotatable bonds is 2. The molecule has 0 atom stereocenters. The van der Waals surface area contributed by atoms with Gasteiger partial charge in [-0.05, 0) is 25.5 Å². The number of ether oxygens (including phenoxy) is 1. The van der Waals surface area contributed by atoms with Crippen molar-refractivity contribution in [2.24, 2.45) is 14.1 Å². The zero-order valence-electron chi connectivity index (χ0n) is 14.4. The first-order valence-electron chi connectivity index (χ1n) is 7.84. The molecule has 1 aromatic heterocycles. The van der Waals surface area contributed by atoms with Gasteiger partial charge in [0.2, 0.25) is 0 Å². The summed E-state index contributed by atoms with van der Waals surface area (Å²) in [7, 11) is 5.06. The van der Waals surface area contributed by atoms with Crippen molar-refractivity contribution >= 4 is 11.4 Å². The molecule has 0 unspecified atom stereocenters. The van der Waals surface area contributed by atoms with Gasteiger partial charge in [-0.2, -0.15) is 0 Å². The van der Waals surface area contributed by atoms with Crippen LogP contribution in [0.25, 0.3) is 5.57 Å². The molecule has 2 aromatic rings. The summed E-state index contributed by atoms with van der Waals surface area (Å²) in [6.45, 7) is 2.73. The second kappa shape index (κ2) is 6.03. The lowest BCUT2D eigenvalue weighted by Crippen LogP contribution is -2.44. The van der Waals surface area contributed by atoms with E-state index in [1.54, 1.807) is 13.3 Å². The Hall–Kier alpha value is -2.76. The smallest absolute Gasteiger partial charge is 0.332 e. The van der Waals surface area contributed by atoms with Gasteiger partial charge in [0.05, 0.1) is 11.8 Å². The Balaban J connectivity index is 2.09. The zero-order valence-corrected chi connectivity index (χ0v) is 14.4. The average molecular weight is 327 g/mol. The highest BCUT2D eigenvalue weighted by molar-refractivity contribution is 5.76. The number of aryl methyl sites for hydroxylation is 1. The Morgan fingerprint density at radius 3 is 2.38 bits per heavy atom. The maximum atomic E-state index is 12.6. The molecule has 0 spiro atoms. The first-order chi connectivity index (χ1) is 11.4. The van der Waals surface area contributed by atoms with E-state index in [1.807, 2.05) is 43.1 Å². The largest absolute Gasteiger partial charge is 0.465 e. The van der Waals surface area contributed by atoms with Crippen molar-refractivity contribution in [3.8, 4) is 5.75 Å². The first-order valence-corrected chi connectivity index (χ1v) is 7.84. The van der Waals surface area contributed by atoms with Crippen LogP contribution in [0, 0.1) is 6.92 Å². The van der Waals surface area contributed by atoms with E-state index < -0.39 is 0 Å². The lowest BCUT2D eigenvalue weighted by atomic mass is 10.0. The van der Waals surface area contributed by atoms with Crippen molar-refractivity contribution in [3.05, 3.63) is 62.5 Å². The van der Waals surface area contributed by atoms with Crippen molar-refractivity contribution in [2.45, 2.75) is 13.3 Å². The van der Waals surface area contributed by atoms with Gasteiger partial charge in [0.15, 0.2) is 0 Å². The molecule has 1 aliphatic heterocycles. The molecule has 0 aliphatic carbocycles. The summed E-state index contributed by atoms with van der Waals surface area (Å²) in [5.74, 6) is 1.35. The minimum atomic E-state index is -0.327. The highest BCUT2D eigenvalue weighted by Gasteiger charge is 2.26. The van der Waals surface area contributed by atoms with Gasteiger partial charge in [0.25, 0.3) is 5.56 Å². The molecule has 0 radical (unpaired) electrons. The van der Waals surface area contributed by atoms with Crippen LogP contribution < -0.4 is 20.9 Å². The lowest BCUT2D eigenvalue weighted by Gasteiger charge is -2.30. The molecular weight excluding hydrogens is 306 g/mol. The first kappa shape index (κ1) is 16.1. The van der Waals surface area contributed by atoms with Gasteiger partial charge in [-0.15, -0.1) is 0 Å². The summed E-state index contributed by atoms with van der Waals surface area (Å²) in [5.41, 5.74) is 1.87. The average Bonchev–Trinajstić information content (AvgIpc) is 2.58. The fourth-order valence-electron chi connectivity index (χ4n) is 2.95. The van der Waals surface area contributed by atoms with Crippen LogP contribution in [0.5, 0.6) is 5.75 Å². The maximum Gasteiger partial charge on any atom is 0.332 e. The molecule has 0 saturated heterocycles. The van der Waals surface area contributed by atoms with Crippen LogP contribution in [-0.2, 0) is 14.1 Å². The molecule has 2 heterocycles. The third-order valence-corrected chi connectivity index (χ3v) is 4.39. The predicted molar refractivity (Wildman–Crippen MR) is 94.6 cm³/mol. The van der Waals surface area contributed by atoms with E-state index in [2.05, 4.69) is 0 Å². The van der Waals surface area contributed by atoms with Crippen molar-refractivity contribution in [1.82, 2.24) is 9.13 Å². The Morgan fingerprint density at radius 1 is 1.04 bits per heavy atom. The summed E-state index contributed by atoms with van der Waals surface area (Å²) < 4.78 is 8.39. The summed E-state index contributed by atoms with van der Waals surface area (Å²) in [6.07, 6.45) is 2.31. The minimum Gasteiger partial charge on any atom is -0.465 e. The Bertz CT molecular complexity index is 920. The number of hydrogen-bond acceptors (Lipinski definition) is 4. The molecule has 0 N–H and O–H groups in total. The van der Waals surface area contributed by atoms with Crippen LogP contribution in [0.1, 0.15) is 17.5 Å². The highest BCUT2D eigenvalue weighted by atomic mass is 16.5. The lowest BCUT2D eigenvalue weighted by molar-refractivity contribution is 0.480. The van der Waals surface area contributed by atoms with E-state index in [4.69, 9.17) is 4.74 Å². The van der Waals surface area contributed by atoms with Crippen LogP contribution in [-0.4, -0.2) is 22.7 Å². The third kappa shape index (κ3) is 2.64. The van der Waals surface area contributed by atoms with Crippen LogP contribution >= 0.6 is 0 Å². The number of aromatic nitrogens is 2. The predicted octanol–water partition coefficient (Wildman–Crippen LogP) is 1.65. The van der Waals surface area contributed by atoms with E-state index in [0.29, 0.717) is 17.8 Å². The van der Waals surface area contributed by atoms with Gasteiger partial charge in [0.1, 0.15) is 11.6 Å². The molecule has 6 heteroatoms. The summed E-state index contributed by atoms with van der Waals surface area (Å²) in [6, 6.07) is 7.72. The van der Waals surface area contributed by atoms with E-state index in [9.17, 15) is 9.59 Å². The zero-order chi connectivity index (χ0) is 17.4. The second-order valence-corrected chi connectivity index (χ2v) is 6.15. The Morgan fingerprint density at radius 2 is 1.71 bits per heavy atom. The molecule has 3 rings (SSSR count). The van der Waals surface area contributed by atoms with Gasteiger partial charge in [-0.1, -0.05) is 17.7 Å². The van der Waals surface area contributed by atoms with Crippen molar-refractivity contribution in [1.29, 1.82) is 0 Å². The topological polar surface area (TPSA) is 56.5 Å². The van der Waals surface area contributed by atoms with E-state index in [1.165, 1.54) is 11.6 Å². The number of hydrogen-bond donors (Lipinski definition) is 0. The van der Waals surface area contributed by atoms with Gasteiger partial charge < -0.3 is 9.64 Å². The van der Waals surface area contributed by atoms with Crippen molar-refractivity contribution < 1.29 is 4.74 Å². The SMILES string of the molecule is Cc1ccc(O/C=C2\CCN(C)c3c2c(=O)n(C)c(=O)n3C)cc1. The van der Waals surface area contributed by atoms with Gasteiger partial charge in [0, 0.05) is 33.3 Å². The van der Waals surface area contributed by atoms with Gasteiger partial charge in [-0.25, -0.2) is 4.79 Å². The normalized spacial score (nSPS) is 15.5. The van der Waals surface area contributed by atoms with Crippen molar-refractivity contribution in [2.75, 3.05) is 18.5 Å². The van der Waals surface area contributed by atoms with Crippen molar-refractivity contribution in [3.63, 3.8) is 0 Å². The fraction of sp³-hybridized carbons (Fsp3) is 0.333. The van der Waals surface area contributed by atoms with E-state index in [0.717, 1.165) is 28.0 Å². The second-order valence-electron chi connectivity index (χ2n) is 6.15. The molecule has 24 heavy (non-hydrogen) atoms.